The molecular formula is C6H19NO8Si. The van der Waals surface area contributed by atoms with E-state index in [1.54, 1.807) is 0 Å². The predicted octanol–water partition coefficient (Wildman–Crippen LogP) is -3.63. The van der Waals surface area contributed by atoms with Crippen molar-refractivity contribution < 1.29 is 43.9 Å². The second-order valence-electron chi connectivity index (χ2n) is 2.54. The van der Waals surface area contributed by atoms with E-state index in [9.17, 15) is 0 Å². The van der Waals surface area contributed by atoms with Gasteiger partial charge in [0.1, 0.15) is 13.1 Å². The third-order valence-electron chi connectivity index (χ3n) is 1.55. The molecule has 0 aromatic rings. The molecule has 0 aliphatic rings. The zero-order valence-corrected chi connectivity index (χ0v) is 10.2. The zero-order chi connectivity index (χ0) is 13.2. The van der Waals surface area contributed by atoms with Crippen molar-refractivity contribution in [3.8, 4) is 0 Å². The summed E-state index contributed by atoms with van der Waals surface area (Å²) in [5.74, 6) is 0. The van der Waals surface area contributed by atoms with Crippen LogP contribution in [0.15, 0.2) is 0 Å². The summed E-state index contributed by atoms with van der Waals surface area (Å²) in [5.41, 5.74) is 0. The topological polar surface area (TPSA) is 143 Å². The van der Waals surface area contributed by atoms with E-state index in [0.29, 0.717) is 13.1 Å². The van der Waals surface area contributed by atoms with Crippen molar-refractivity contribution >= 4 is 9.05 Å². The molecule has 0 unspecified atom stereocenters. The first-order chi connectivity index (χ1) is 7.24. The zero-order valence-electron chi connectivity index (χ0n) is 9.24. The number of quaternary nitrogens is 1. The van der Waals surface area contributed by atoms with Crippen molar-refractivity contribution in [2.75, 3.05) is 26.7 Å². The minimum atomic E-state index is -4.86. The minimum Gasteiger partial charge on any atom is -0.794 e. The molecule has 9 nitrogen and oxygen atoms in total. The van der Waals surface area contributed by atoms with Crippen molar-refractivity contribution in [3.05, 3.63) is 0 Å². The molecule has 16 heavy (non-hydrogen) atoms. The van der Waals surface area contributed by atoms with Crippen LogP contribution < -0.4 is 4.80 Å². The number of hydrogen-bond acceptors (Lipinski definition) is 8. The molecule has 0 amide bonds. The number of rotatable bonds is 6. The van der Waals surface area contributed by atoms with Gasteiger partial charge in [-0.3, -0.25) is 0 Å². The van der Waals surface area contributed by atoms with Crippen LogP contribution in [-0.4, -0.2) is 65.1 Å². The Morgan fingerprint density at radius 2 is 1.25 bits per heavy atom. The lowest BCUT2D eigenvalue weighted by atomic mass is 10.6. The van der Waals surface area contributed by atoms with Gasteiger partial charge in [-0.25, -0.2) is 0 Å². The summed E-state index contributed by atoms with van der Waals surface area (Å²) in [6.07, 6.45) is 0. The maximum Gasteiger partial charge on any atom is 0.404 e. The van der Waals surface area contributed by atoms with Gasteiger partial charge in [-0.05, 0) is 18.7 Å². The van der Waals surface area contributed by atoms with E-state index in [0.717, 1.165) is 0 Å². The number of hydrogen-bond donors (Lipinski definition) is 5. The minimum absolute atomic E-state index is 0.174. The summed E-state index contributed by atoms with van der Waals surface area (Å²) < 4.78 is 0. The monoisotopic (exact) mass is 261 g/mol. The van der Waals surface area contributed by atoms with Crippen LogP contribution in [0.2, 0.25) is 0 Å². The quantitative estimate of drug-likeness (QED) is 0.143. The average Bonchev–Trinajstić information content (AvgIpc) is 2.15. The van der Waals surface area contributed by atoms with Crippen LogP contribution in [0.3, 0.4) is 0 Å². The molecule has 0 aromatic heterocycles. The summed E-state index contributed by atoms with van der Waals surface area (Å²) >= 11 is 0. The van der Waals surface area contributed by atoms with E-state index in [1.807, 2.05) is 13.8 Å². The molecule has 0 aromatic carbocycles. The number of aliphatic hydroxyl groups is 2. The third kappa shape index (κ3) is 11.9. The number of aliphatic hydroxyl groups excluding tert-OH is 2. The highest BCUT2D eigenvalue weighted by Crippen LogP contribution is 2.07. The Hall–Kier alpha value is -0.143. The van der Waals surface area contributed by atoms with Crippen LogP contribution in [0.4, 0.5) is 0 Å². The summed E-state index contributed by atoms with van der Waals surface area (Å²) in [4.78, 5) is 40.1. The summed E-state index contributed by atoms with van der Waals surface area (Å²) in [6.45, 7) is 3.93. The lowest BCUT2D eigenvalue weighted by Crippen LogP contribution is -2.50. The van der Waals surface area contributed by atoms with Crippen molar-refractivity contribution in [3.63, 3.8) is 0 Å². The summed E-state index contributed by atoms with van der Waals surface area (Å²) in [6, 6.07) is 0. The lowest BCUT2D eigenvalue weighted by Gasteiger charge is -2.28. The summed E-state index contributed by atoms with van der Waals surface area (Å²) in [7, 11) is -4.86. The molecule has 0 spiro atoms. The fourth-order valence-corrected chi connectivity index (χ4v) is 0.836. The second-order valence-corrected chi connectivity index (χ2v) is 3.68. The van der Waals surface area contributed by atoms with Crippen molar-refractivity contribution in [2.24, 2.45) is 0 Å². The highest BCUT2D eigenvalue weighted by molar-refractivity contribution is 6.44. The Morgan fingerprint density at radius 3 is 1.38 bits per heavy atom. The van der Waals surface area contributed by atoms with Gasteiger partial charge < -0.3 is 29.4 Å². The van der Waals surface area contributed by atoms with E-state index in [4.69, 9.17) is 39.1 Å². The van der Waals surface area contributed by atoms with Crippen LogP contribution >= 0.6 is 0 Å². The van der Waals surface area contributed by atoms with Gasteiger partial charge in [0, 0.05) is 0 Å². The molecule has 0 heterocycles. The largest absolute Gasteiger partial charge is 0.794 e. The SMILES string of the molecule is CC[N+](CC)(OCO)OCO.[O-][Si](O)(O)O. The van der Waals surface area contributed by atoms with Gasteiger partial charge in [-0.1, -0.05) is 0 Å². The van der Waals surface area contributed by atoms with Gasteiger partial charge in [0.05, 0.1) is 0 Å². The van der Waals surface area contributed by atoms with Crippen molar-refractivity contribution in [1.29, 1.82) is 0 Å². The molecule has 10 heteroatoms. The van der Waals surface area contributed by atoms with E-state index in [2.05, 4.69) is 0 Å². The van der Waals surface area contributed by atoms with Gasteiger partial charge in [0.15, 0.2) is 0 Å². The summed E-state index contributed by atoms with van der Waals surface area (Å²) in [5, 5.41) is 17.0. The fraction of sp³-hybridized carbons (Fsp3) is 1.00. The molecule has 0 atom stereocenters. The Morgan fingerprint density at radius 1 is 1.00 bits per heavy atom. The maximum absolute atomic E-state index is 8.91. The Bertz CT molecular complexity index is 145. The molecule has 0 fully saturated rings. The van der Waals surface area contributed by atoms with Gasteiger partial charge >= 0.3 is 9.05 Å². The average molecular weight is 261 g/mol. The first kappa shape index (κ1) is 18.2. The molecule has 0 radical (unpaired) electrons. The van der Waals surface area contributed by atoms with Crippen molar-refractivity contribution in [1.82, 2.24) is 0 Å². The van der Waals surface area contributed by atoms with Gasteiger partial charge in [0.25, 0.3) is 0 Å². The molecule has 100 valence electrons. The molecule has 0 rings (SSSR count). The number of hydroxylamine groups is 4. The van der Waals surface area contributed by atoms with Gasteiger partial charge in [0.2, 0.25) is 13.6 Å². The van der Waals surface area contributed by atoms with Crippen LogP contribution in [0.1, 0.15) is 13.8 Å². The molecule has 0 saturated carbocycles. The van der Waals surface area contributed by atoms with Crippen molar-refractivity contribution in [2.45, 2.75) is 13.8 Å². The number of nitrogens with zero attached hydrogens (tertiary/aromatic N) is 1. The fourth-order valence-electron chi connectivity index (χ4n) is 0.836. The highest BCUT2D eigenvalue weighted by Gasteiger charge is 2.27. The smallest absolute Gasteiger partial charge is 0.404 e. The van der Waals surface area contributed by atoms with Crippen LogP contribution in [0, 0.1) is 0 Å². The van der Waals surface area contributed by atoms with Gasteiger partial charge in [-0.15, -0.1) is 9.68 Å². The molecule has 0 saturated heterocycles. The van der Waals surface area contributed by atoms with Gasteiger partial charge in [-0.2, -0.15) is 0 Å². The molecular weight excluding hydrogens is 242 g/mol. The van der Waals surface area contributed by atoms with E-state index in [1.165, 1.54) is 0 Å². The van der Waals surface area contributed by atoms with E-state index >= 15 is 0 Å². The van der Waals surface area contributed by atoms with Crippen LogP contribution in [0.5, 0.6) is 0 Å². The maximum atomic E-state index is 8.91. The Labute approximate surface area is 94.3 Å². The van der Waals surface area contributed by atoms with Crippen LogP contribution in [0.25, 0.3) is 0 Å². The predicted molar refractivity (Wildman–Crippen MR) is 50.1 cm³/mol. The lowest BCUT2D eigenvalue weighted by molar-refractivity contribution is -1.25. The molecule has 5 N–H and O–H groups in total. The normalized spacial score (nSPS) is 12.0. The molecule has 0 aliphatic heterocycles. The van der Waals surface area contributed by atoms with E-state index in [-0.39, 0.29) is 4.81 Å². The third-order valence-corrected chi connectivity index (χ3v) is 1.55. The van der Waals surface area contributed by atoms with Crippen LogP contribution in [-0.2, 0) is 9.68 Å². The second kappa shape index (κ2) is 8.95. The first-order valence-electron chi connectivity index (χ1n) is 4.50. The molecule has 0 aliphatic carbocycles. The Kier molecular flexibility index (Phi) is 10.2. The standard InChI is InChI=1S/C6H16NO4.H3O4Si/c1-3-7(4-2,10-5-8)11-6-9;1-5(2,3)4/h8-9H,3-6H2,1-2H3;1-3H/q+1;-1. The van der Waals surface area contributed by atoms with E-state index < -0.39 is 22.6 Å². The Balaban J connectivity index is 0. The highest BCUT2D eigenvalue weighted by atomic mass is 28.4. The first-order valence-corrected chi connectivity index (χ1v) is 6.25. The molecule has 0 bridgehead atoms.